The van der Waals surface area contributed by atoms with Crippen LogP contribution in [0.3, 0.4) is 0 Å². The SMILES string of the molecule is c1ccc(COc2ccc(-c3nc4ccccc4n4cccc34)cc2)cc1. The van der Waals surface area contributed by atoms with E-state index in [-0.39, 0.29) is 0 Å². The molecule has 2 heterocycles. The second kappa shape index (κ2) is 6.61. The van der Waals surface area contributed by atoms with Crippen LogP contribution in [0.1, 0.15) is 5.56 Å². The summed E-state index contributed by atoms with van der Waals surface area (Å²) in [6, 6.07) is 30.7. The molecule has 5 aromatic rings. The molecule has 0 aliphatic rings. The van der Waals surface area contributed by atoms with Gasteiger partial charge in [0.1, 0.15) is 12.4 Å². The zero-order valence-corrected chi connectivity index (χ0v) is 14.7. The summed E-state index contributed by atoms with van der Waals surface area (Å²) in [6.45, 7) is 0.567. The van der Waals surface area contributed by atoms with Gasteiger partial charge in [-0.1, -0.05) is 42.5 Å². The molecule has 0 unspecified atom stereocenters. The summed E-state index contributed by atoms with van der Waals surface area (Å²) in [6.07, 6.45) is 2.08. The Morgan fingerprint density at radius 2 is 1.44 bits per heavy atom. The minimum atomic E-state index is 0.567. The lowest BCUT2D eigenvalue weighted by Crippen LogP contribution is -1.96. The molecule has 0 bridgehead atoms. The minimum absolute atomic E-state index is 0.567. The predicted molar refractivity (Wildman–Crippen MR) is 109 cm³/mol. The zero-order chi connectivity index (χ0) is 18.1. The fraction of sp³-hybridized carbons (Fsp3) is 0.0417. The van der Waals surface area contributed by atoms with E-state index in [4.69, 9.17) is 9.72 Å². The van der Waals surface area contributed by atoms with Crippen molar-refractivity contribution in [3.8, 4) is 17.0 Å². The van der Waals surface area contributed by atoms with Crippen LogP contribution in [-0.4, -0.2) is 9.38 Å². The van der Waals surface area contributed by atoms with E-state index in [1.54, 1.807) is 0 Å². The van der Waals surface area contributed by atoms with E-state index >= 15 is 0 Å². The third kappa shape index (κ3) is 2.93. The summed E-state index contributed by atoms with van der Waals surface area (Å²) in [5.41, 5.74) is 6.42. The van der Waals surface area contributed by atoms with Gasteiger partial charge in [-0.05, 0) is 54.1 Å². The lowest BCUT2D eigenvalue weighted by molar-refractivity contribution is 0.306. The maximum atomic E-state index is 5.90. The molecule has 2 aromatic heterocycles. The van der Waals surface area contributed by atoms with Gasteiger partial charge >= 0.3 is 0 Å². The highest BCUT2D eigenvalue weighted by atomic mass is 16.5. The predicted octanol–water partition coefficient (Wildman–Crippen LogP) is 5.73. The number of ether oxygens (including phenoxy) is 1. The minimum Gasteiger partial charge on any atom is -0.489 e. The summed E-state index contributed by atoms with van der Waals surface area (Å²) in [4.78, 5) is 4.91. The molecule has 3 aromatic carbocycles. The molecule has 3 nitrogen and oxygen atoms in total. The van der Waals surface area contributed by atoms with Crippen LogP contribution in [0.4, 0.5) is 0 Å². The van der Waals surface area contributed by atoms with Crippen molar-refractivity contribution in [2.75, 3.05) is 0 Å². The molecule has 5 rings (SSSR count). The molecular formula is C24H18N2O. The van der Waals surface area contributed by atoms with E-state index < -0.39 is 0 Å². The average molecular weight is 350 g/mol. The van der Waals surface area contributed by atoms with Crippen molar-refractivity contribution in [1.82, 2.24) is 9.38 Å². The number of hydrogen-bond acceptors (Lipinski definition) is 2. The second-order valence-corrected chi connectivity index (χ2v) is 6.51. The third-order valence-electron chi connectivity index (χ3n) is 4.74. The monoisotopic (exact) mass is 350 g/mol. The van der Waals surface area contributed by atoms with Crippen molar-refractivity contribution in [3.05, 3.63) is 103 Å². The van der Waals surface area contributed by atoms with E-state index in [0.717, 1.165) is 39.1 Å². The van der Waals surface area contributed by atoms with Crippen LogP contribution in [0.25, 0.3) is 27.8 Å². The van der Waals surface area contributed by atoms with Crippen molar-refractivity contribution in [3.63, 3.8) is 0 Å². The van der Waals surface area contributed by atoms with Crippen LogP contribution >= 0.6 is 0 Å². The van der Waals surface area contributed by atoms with Crippen molar-refractivity contribution in [2.24, 2.45) is 0 Å². The summed E-state index contributed by atoms with van der Waals surface area (Å²) >= 11 is 0. The van der Waals surface area contributed by atoms with Crippen molar-refractivity contribution in [1.29, 1.82) is 0 Å². The molecule has 0 saturated carbocycles. The summed E-state index contributed by atoms with van der Waals surface area (Å²) in [5, 5.41) is 0. The summed E-state index contributed by atoms with van der Waals surface area (Å²) < 4.78 is 8.09. The molecule has 0 spiro atoms. The van der Waals surface area contributed by atoms with Gasteiger partial charge in [0.25, 0.3) is 0 Å². The Bertz CT molecular complexity index is 1210. The summed E-state index contributed by atoms with van der Waals surface area (Å²) in [5.74, 6) is 0.856. The van der Waals surface area contributed by atoms with Gasteiger partial charge in [0.15, 0.2) is 0 Å². The Morgan fingerprint density at radius 1 is 0.704 bits per heavy atom. The van der Waals surface area contributed by atoms with Gasteiger partial charge in [0.05, 0.1) is 22.2 Å². The van der Waals surface area contributed by atoms with E-state index in [0.29, 0.717) is 6.61 Å². The lowest BCUT2D eigenvalue weighted by Gasteiger charge is -2.10. The molecule has 3 heteroatoms. The zero-order valence-electron chi connectivity index (χ0n) is 14.7. The van der Waals surface area contributed by atoms with Crippen LogP contribution in [0.2, 0.25) is 0 Å². The van der Waals surface area contributed by atoms with Crippen LogP contribution in [0.5, 0.6) is 5.75 Å². The molecule has 0 aliphatic heterocycles. The van der Waals surface area contributed by atoms with Crippen molar-refractivity contribution < 1.29 is 4.74 Å². The standard InChI is InChI=1S/C24H18N2O/c1-2-7-18(8-3-1)17-27-20-14-12-19(13-15-20)24-23-11-6-16-26(23)22-10-5-4-9-21(22)25-24/h1-16H,17H2. The average Bonchev–Trinajstić information content (AvgIpc) is 3.23. The fourth-order valence-corrected chi connectivity index (χ4v) is 3.39. The number of nitrogens with zero attached hydrogens (tertiary/aromatic N) is 2. The summed E-state index contributed by atoms with van der Waals surface area (Å²) in [7, 11) is 0. The van der Waals surface area contributed by atoms with E-state index in [9.17, 15) is 0 Å². The fourth-order valence-electron chi connectivity index (χ4n) is 3.39. The number of rotatable bonds is 4. The molecular weight excluding hydrogens is 332 g/mol. The lowest BCUT2D eigenvalue weighted by atomic mass is 10.1. The number of fused-ring (bicyclic) bond motifs is 3. The maximum absolute atomic E-state index is 5.90. The molecule has 0 fully saturated rings. The highest BCUT2D eigenvalue weighted by molar-refractivity contribution is 5.87. The number of hydrogen-bond donors (Lipinski definition) is 0. The largest absolute Gasteiger partial charge is 0.489 e. The molecule has 0 amide bonds. The van der Waals surface area contributed by atoms with Gasteiger partial charge < -0.3 is 9.14 Å². The molecule has 27 heavy (non-hydrogen) atoms. The van der Waals surface area contributed by atoms with E-state index in [2.05, 4.69) is 59.1 Å². The highest BCUT2D eigenvalue weighted by Gasteiger charge is 2.10. The quantitative estimate of drug-likeness (QED) is 0.413. The Labute approximate surface area is 157 Å². The highest BCUT2D eigenvalue weighted by Crippen LogP contribution is 2.28. The molecule has 130 valence electrons. The molecule has 0 atom stereocenters. The van der Waals surface area contributed by atoms with Crippen LogP contribution < -0.4 is 4.74 Å². The Kier molecular flexibility index (Phi) is 3.83. The van der Waals surface area contributed by atoms with Gasteiger partial charge in [-0.2, -0.15) is 0 Å². The smallest absolute Gasteiger partial charge is 0.119 e. The number of aromatic nitrogens is 2. The van der Waals surface area contributed by atoms with Crippen LogP contribution in [-0.2, 0) is 6.61 Å². The first-order valence-corrected chi connectivity index (χ1v) is 9.01. The first-order valence-electron chi connectivity index (χ1n) is 9.01. The van der Waals surface area contributed by atoms with Gasteiger partial charge in [-0.25, -0.2) is 4.98 Å². The Balaban J connectivity index is 1.48. The Morgan fingerprint density at radius 3 is 2.30 bits per heavy atom. The molecule has 0 radical (unpaired) electrons. The van der Waals surface area contributed by atoms with Crippen molar-refractivity contribution in [2.45, 2.75) is 6.61 Å². The first-order chi connectivity index (χ1) is 13.4. The first kappa shape index (κ1) is 15.6. The van der Waals surface area contributed by atoms with Crippen LogP contribution in [0.15, 0.2) is 97.2 Å². The van der Waals surface area contributed by atoms with Gasteiger partial charge in [0.2, 0.25) is 0 Å². The van der Waals surface area contributed by atoms with E-state index in [1.165, 1.54) is 0 Å². The van der Waals surface area contributed by atoms with Crippen molar-refractivity contribution >= 4 is 16.6 Å². The molecule has 0 saturated heterocycles. The molecule has 0 N–H and O–H groups in total. The van der Waals surface area contributed by atoms with Gasteiger partial charge in [0, 0.05) is 11.8 Å². The third-order valence-corrected chi connectivity index (χ3v) is 4.74. The van der Waals surface area contributed by atoms with Crippen LogP contribution in [0, 0.1) is 0 Å². The van der Waals surface area contributed by atoms with Gasteiger partial charge in [-0.15, -0.1) is 0 Å². The maximum Gasteiger partial charge on any atom is 0.119 e. The normalized spacial score (nSPS) is 11.1. The number of para-hydroxylation sites is 2. The Hall–Kier alpha value is -3.59. The number of benzene rings is 3. The van der Waals surface area contributed by atoms with E-state index in [1.807, 2.05) is 42.5 Å². The topological polar surface area (TPSA) is 26.5 Å². The molecule has 0 aliphatic carbocycles. The van der Waals surface area contributed by atoms with Gasteiger partial charge in [-0.3, -0.25) is 0 Å². The second-order valence-electron chi connectivity index (χ2n) is 6.51.